The summed E-state index contributed by atoms with van der Waals surface area (Å²) in [6.07, 6.45) is 0. The Balaban J connectivity index is 1.77. The van der Waals surface area contributed by atoms with Crippen LogP contribution in [0.15, 0.2) is 54.6 Å². The Hall–Kier alpha value is -3.99. The number of nitrogens with one attached hydrogen (secondary N) is 1. The van der Waals surface area contributed by atoms with Gasteiger partial charge in [-0.25, -0.2) is 14.6 Å². The molecule has 2 aromatic carbocycles. The van der Waals surface area contributed by atoms with Crippen molar-refractivity contribution in [3.8, 4) is 6.07 Å². The number of benzene rings is 2. The van der Waals surface area contributed by atoms with Gasteiger partial charge in [0, 0.05) is 0 Å². The van der Waals surface area contributed by atoms with Gasteiger partial charge in [0.05, 0.1) is 16.9 Å². The monoisotopic (exact) mass is 348 g/mol. The minimum Gasteiger partial charge on any atom is -0.323 e. The smallest absolute Gasteiger partial charge is 0.323 e. The molecule has 8 nitrogen and oxygen atoms in total. The van der Waals surface area contributed by atoms with Crippen LogP contribution in [0.4, 0.5) is 16.2 Å². The van der Waals surface area contributed by atoms with Crippen molar-refractivity contribution in [2.24, 2.45) is 0 Å². The molecule has 1 heterocycles. The average Bonchev–Trinajstić information content (AvgIpc) is 2.86. The predicted octanol–water partition coefficient (Wildman–Crippen LogP) is 1.49. The second-order valence-corrected chi connectivity index (χ2v) is 5.36. The Morgan fingerprint density at radius 1 is 0.962 bits per heavy atom. The number of rotatable bonds is 4. The van der Waals surface area contributed by atoms with Crippen LogP contribution in [0.1, 0.15) is 5.56 Å². The third kappa shape index (κ3) is 3.01. The highest BCUT2D eigenvalue weighted by atomic mass is 16.2. The van der Waals surface area contributed by atoms with E-state index in [1.807, 2.05) is 6.07 Å². The Bertz CT molecular complexity index is 949. The van der Waals surface area contributed by atoms with E-state index in [1.54, 1.807) is 30.3 Å². The van der Waals surface area contributed by atoms with Crippen LogP contribution in [0.3, 0.4) is 0 Å². The van der Waals surface area contributed by atoms with Crippen LogP contribution in [0.25, 0.3) is 0 Å². The number of hydrogen-bond donors (Lipinski definition) is 1. The number of imide groups is 2. The lowest BCUT2D eigenvalue weighted by atomic mass is 10.2. The number of urea groups is 1. The minimum absolute atomic E-state index is 0.238. The highest BCUT2D eigenvalue weighted by molar-refractivity contribution is 6.53. The van der Waals surface area contributed by atoms with Crippen LogP contribution in [-0.2, 0) is 14.4 Å². The molecule has 128 valence electrons. The summed E-state index contributed by atoms with van der Waals surface area (Å²) in [5, 5.41) is 11.5. The number of anilines is 2. The largest absolute Gasteiger partial charge is 0.339 e. The number of nitriles is 1. The molecule has 2 aromatic rings. The van der Waals surface area contributed by atoms with Crippen LogP contribution in [0.5, 0.6) is 0 Å². The van der Waals surface area contributed by atoms with E-state index in [0.29, 0.717) is 4.90 Å². The molecule has 26 heavy (non-hydrogen) atoms. The molecule has 8 heteroatoms. The highest BCUT2D eigenvalue weighted by Gasteiger charge is 2.46. The van der Waals surface area contributed by atoms with Gasteiger partial charge in [0.2, 0.25) is 5.91 Å². The molecule has 0 aliphatic carbocycles. The van der Waals surface area contributed by atoms with Gasteiger partial charge >= 0.3 is 17.8 Å². The van der Waals surface area contributed by atoms with Crippen LogP contribution >= 0.6 is 0 Å². The highest BCUT2D eigenvalue weighted by Crippen LogP contribution is 2.22. The SMILES string of the molecule is N#Cc1ccccc1NC(=O)CN1C(=O)C(=O)N(c2ccccc2)C1=O. The third-order valence-corrected chi connectivity index (χ3v) is 3.69. The summed E-state index contributed by atoms with van der Waals surface area (Å²) in [6.45, 7) is -0.632. The van der Waals surface area contributed by atoms with E-state index >= 15 is 0 Å². The van der Waals surface area contributed by atoms with E-state index < -0.39 is 30.3 Å². The standard InChI is InChI=1S/C18H12N4O4/c19-10-12-6-4-5-9-14(12)20-15(23)11-21-16(24)17(25)22(18(21)26)13-7-2-1-3-8-13/h1-9H,11H2,(H,20,23). The van der Waals surface area contributed by atoms with Crippen molar-refractivity contribution in [3.63, 3.8) is 0 Å². The van der Waals surface area contributed by atoms with E-state index in [-0.39, 0.29) is 16.9 Å². The first-order valence-electron chi connectivity index (χ1n) is 7.57. The predicted molar refractivity (Wildman–Crippen MR) is 90.8 cm³/mol. The zero-order chi connectivity index (χ0) is 18.7. The number of amides is 5. The van der Waals surface area contributed by atoms with Crippen molar-refractivity contribution in [3.05, 3.63) is 60.2 Å². The molecule has 0 unspecified atom stereocenters. The number of carbonyl (C=O) groups excluding carboxylic acids is 4. The molecule has 0 atom stereocenters. The summed E-state index contributed by atoms with van der Waals surface area (Å²) >= 11 is 0. The summed E-state index contributed by atoms with van der Waals surface area (Å²) in [4.78, 5) is 50.1. The average molecular weight is 348 g/mol. The molecule has 0 aromatic heterocycles. The second kappa shape index (κ2) is 6.86. The molecule has 0 spiro atoms. The zero-order valence-electron chi connectivity index (χ0n) is 13.4. The van der Waals surface area contributed by atoms with Crippen molar-refractivity contribution >= 4 is 35.1 Å². The summed E-state index contributed by atoms with van der Waals surface area (Å²) in [7, 11) is 0. The molecule has 0 radical (unpaired) electrons. The fourth-order valence-electron chi connectivity index (χ4n) is 2.47. The zero-order valence-corrected chi connectivity index (χ0v) is 13.4. The van der Waals surface area contributed by atoms with E-state index in [1.165, 1.54) is 24.3 Å². The Kier molecular flexibility index (Phi) is 4.45. The lowest BCUT2D eigenvalue weighted by Crippen LogP contribution is -2.39. The molecule has 1 saturated heterocycles. The molecule has 0 saturated carbocycles. The quantitative estimate of drug-likeness (QED) is 0.665. The molecular formula is C18H12N4O4. The second-order valence-electron chi connectivity index (χ2n) is 5.36. The topological polar surface area (TPSA) is 111 Å². The van der Waals surface area contributed by atoms with Gasteiger partial charge in [-0.05, 0) is 24.3 Å². The number of nitrogens with zero attached hydrogens (tertiary/aromatic N) is 3. The van der Waals surface area contributed by atoms with Gasteiger partial charge in [-0.3, -0.25) is 14.4 Å². The van der Waals surface area contributed by atoms with E-state index in [0.717, 1.165) is 4.90 Å². The third-order valence-electron chi connectivity index (χ3n) is 3.69. The van der Waals surface area contributed by atoms with Crippen molar-refractivity contribution in [1.82, 2.24) is 4.90 Å². The van der Waals surface area contributed by atoms with Crippen molar-refractivity contribution in [2.75, 3.05) is 16.8 Å². The van der Waals surface area contributed by atoms with Crippen LogP contribution < -0.4 is 10.2 Å². The van der Waals surface area contributed by atoms with E-state index in [9.17, 15) is 19.2 Å². The minimum atomic E-state index is -1.08. The van der Waals surface area contributed by atoms with Crippen molar-refractivity contribution < 1.29 is 19.2 Å². The van der Waals surface area contributed by atoms with E-state index in [4.69, 9.17) is 5.26 Å². The maximum Gasteiger partial charge on any atom is 0.339 e. The maximum absolute atomic E-state index is 12.4. The van der Waals surface area contributed by atoms with Crippen LogP contribution in [0.2, 0.25) is 0 Å². The Morgan fingerprint density at radius 2 is 1.62 bits per heavy atom. The van der Waals surface area contributed by atoms with Gasteiger partial charge in [0.1, 0.15) is 12.6 Å². The lowest BCUT2D eigenvalue weighted by Gasteiger charge is -2.15. The first kappa shape index (κ1) is 16.9. The Labute approximate surface area is 148 Å². The summed E-state index contributed by atoms with van der Waals surface area (Å²) in [6, 6.07) is 15.3. The van der Waals surface area contributed by atoms with Gasteiger partial charge in [0.15, 0.2) is 0 Å². The number of carbonyl (C=O) groups is 4. The Morgan fingerprint density at radius 3 is 2.31 bits per heavy atom. The van der Waals surface area contributed by atoms with Gasteiger partial charge in [-0.1, -0.05) is 30.3 Å². The number of hydrogen-bond acceptors (Lipinski definition) is 5. The fraction of sp³-hybridized carbons (Fsp3) is 0.0556. The maximum atomic E-state index is 12.4. The van der Waals surface area contributed by atoms with Crippen molar-refractivity contribution in [1.29, 1.82) is 5.26 Å². The van der Waals surface area contributed by atoms with Crippen molar-refractivity contribution in [2.45, 2.75) is 0 Å². The molecule has 0 bridgehead atoms. The molecule has 1 aliphatic heterocycles. The lowest BCUT2D eigenvalue weighted by molar-refractivity contribution is -0.140. The molecular weight excluding hydrogens is 336 g/mol. The van der Waals surface area contributed by atoms with Gasteiger partial charge < -0.3 is 5.32 Å². The van der Waals surface area contributed by atoms with Crippen LogP contribution in [-0.4, -0.2) is 35.2 Å². The normalized spacial score (nSPS) is 13.7. The summed E-state index contributed by atoms with van der Waals surface area (Å²) < 4.78 is 0. The van der Waals surface area contributed by atoms with Crippen LogP contribution in [0, 0.1) is 11.3 Å². The number of para-hydroxylation sites is 2. The van der Waals surface area contributed by atoms with Gasteiger partial charge in [-0.15, -0.1) is 0 Å². The van der Waals surface area contributed by atoms with Gasteiger partial charge in [0.25, 0.3) is 0 Å². The first-order valence-corrected chi connectivity index (χ1v) is 7.57. The molecule has 5 amide bonds. The van der Waals surface area contributed by atoms with Gasteiger partial charge in [-0.2, -0.15) is 5.26 Å². The first-order chi connectivity index (χ1) is 12.5. The summed E-state index contributed by atoms with van der Waals surface area (Å²) in [5.41, 5.74) is 0.737. The molecule has 1 fully saturated rings. The fourth-order valence-corrected chi connectivity index (χ4v) is 2.47. The molecule has 1 N–H and O–H groups in total. The molecule has 1 aliphatic rings. The summed E-state index contributed by atoms with van der Waals surface area (Å²) in [5.74, 6) is -2.80. The van der Waals surface area contributed by atoms with E-state index in [2.05, 4.69) is 5.32 Å². The molecule has 3 rings (SSSR count).